The molecule has 2 nitrogen and oxygen atoms in total. The molecule has 0 aliphatic carbocycles. The summed E-state index contributed by atoms with van der Waals surface area (Å²) < 4.78 is 0. The van der Waals surface area contributed by atoms with Gasteiger partial charge < -0.3 is 5.73 Å². The molecule has 64 valence electrons. The molecular weight excluding hydrogens is 150 g/mol. The number of carbonyl (C=O) groups excluding carboxylic acids is 1. The molecule has 0 radical (unpaired) electrons. The van der Waals surface area contributed by atoms with Crippen LogP contribution in [-0.2, 0) is 11.2 Å². The first-order chi connectivity index (χ1) is 5.59. The Bertz CT molecular complexity index is 305. The van der Waals surface area contributed by atoms with Crippen molar-refractivity contribution in [2.75, 3.05) is 5.73 Å². The maximum absolute atomic E-state index is 10.8. The van der Waals surface area contributed by atoms with E-state index in [0.29, 0.717) is 6.42 Å². The van der Waals surface area contributed by atoms with Gasteiger partial charge in [-0.1, -0.05) is 12.1 Å². The predicted molar refractivity (Wildman–Crippen MR) is 50.0 cm³/mol. The average Bonchev–Trinajstić information content (AvgIpc) is 1.96. The van der Waals surface area contributed by atoms with Crippen LogP contribution >= 0.6 is 0 Å². The Kier molecular flexibility index (Phi) is 2.48. The molecule has 2 N–H and O–H groups in total. The van der Waals surface area contributed by atoms with Gasteiger partial charge in [-0.2, -0.15) is 0 Å². The lowest BCUT2D eigenvalue weighted by molar-refractivity contribution is -0.116. The lowest BCUT2D eigenvalue weighted by atomic mass is 10.1. The van der Waals surface area contributed by atoms with E-state index in [0.717, 1.165) is 16.8 Å². The van der Waals surface area contributed by atoms with E-state index in [4.69, 9.17) is 5.73 Å². The van der Waals surface area contributed by atoms with Crippen LogP contribution in [0.25, 0.3) is 0 Å². The molecule has 2 heteroatoms. The van der Waals surface area contributed by atoms with Gasteiger partial charge in [0.25, 0.3) is 0 Å². The highest BCUT2D eigenvalue weighted by molar-refractivity contribution is 5.78. The highest BCUT2D eigenvalue weighted by Crippen LogP contribution is 2.12. The molecule has 0 atom stereocenters. The second-order valence-corrected chi connectivity index (χ2v) is 3.07. The maximum Gasteiger partial charge on any atom is 0.134 e. The van der Waals surface area contributed by atoms with Gasteiger partial charge in [0.05, 0.1) is 0 Å². The summed E-state index contributed by atoms with van der Waals surface area (Å²) in [6, 6.07) is 5.69. The zero-order valence-corrected chi connectivity index (χ0v) is 7.42. The van der Waals surface area contributed by atoms with Crippen LogP contribution in [0.4, 0.5) is 5.69 Å². The van der Waals surface area contributed by atoms with Crippen LogP contribution < -0.4 is 5.73 Å². The quantitative estimate of drug-likeness (QED) is 0.674. The molecule has 0 heterocycles. The zero-order chi connectivity index (χ0) is 9.14. The van der Waals surface area contributed by atoms with Gasteiger partial charge in [0.2, 0.25) is 0 Å². The summed E-state index contributed by atoms with van der Waals surface area (Å²) in [6.07, 6.45) is 0.501. The number of carbonyl (C=O) groups is 1. The number of anilines is 1. The molecule has 0 unspecified atom stereocenters. The number of ketones is 1. The first-order valence-electron chi connectivity index (χ1n) is 3.94. The minimum Gasteiger partial charge on any atom is -0.399 e. The fraction of sp³-hybridized carbons (Fsp3) is 0.300. The van der Waals surface area contributed by atoms with Gasteiger partial charge >= 0.3 is 0 Å². The minimum absolute atomic E-state index is 0.180. The van der Waals surface area contributed by atoms with Crippen molar-refractivity contribution >= 4 is 11.5 Å². The van der Waals surface area contributed by atoms with Gasteiger partial charge in [0, 0.05) is 12.1 Å². The second-order valence-electron chi connectivity index (χ2n) is 3.07. The molecule has 0 spiro atoms. The molecule has 0 aliphatic heterocycles. The van der Waals surface area contributed by atoms with Gasteiger partial charge in [-0.05, 0) is 31.0 Å². The van der Waals surface area contributed by atoms with E-state index in [1.807, 2.05) is 25.1 Å². The van der Waals surface area contributed by atoms with E-state index in [9.17, 15) is 4.79 Å². The van der Waals surface area contributed by atoms with Gasteiger partial charge in [-0.25, -0.2) is 0 Å². The average molecular weight is 163 g/mol. The first kappa shape index (κ1) is 8.78. The number of rotatable bonds is 2. The summed E-state index contributed by atoms with van der Waals surface area (Å²) in [5.41, 5.74) is 8.49. The SMILES string of the molecule is CC(=O)Cc1ccc(N)c(C)c1. The highest BCUT2D eigenvalue weighted by atomic mass is 16.1. The van der Waals surface area contributed by atoms with Crippen LogP contribution in [0.15, 0.2) is 18.2 Å². The summed E-state index contributed by atoms with van der Waals surface area (Å²) in [6.45, 7) is 3.53. The fourth-order valence-electron chi connectivity index (χ4n) is 1.14. The van der Waals surface area contributed by atoms with Crippen molar-refractivity contribution in [1.82, 2.24) is 0 Å². The summed E-state index contributed by atoms with van der Waals surface area (Å²) >= 11 is 0. The van der Waals surface area contributed by atoms with Crippen LogP contribution in [0, 0.1) is 6.92 Å². The van der Waals surface area contributed by atoms with Crippen LogP contribution in [0.2, 0.25) is 0 Å². The standard InChI is InChI=1S/C10H13NO/c1-7-5-9(6-8(2)12)3-4-10(7)11/h3-5H,6,11H2,1-2H3. The number of nitrogen functional groups attached to an aromatic ring is 1. The van der Waals surface area contributed by atoms with Crippen molar-refractivity contribution in [1.29, 1.82) is 0 Å². The van der Waals surface area contributed by atoms with Gasteiger partial charge in [0.15, 0.2) is 0 Å². The molecule has 1 aromatic rings. The Morgan fingerprint density at radius 1 is 1.50 bits per heavy atom. The molecule has 0 bridgehead atoms. The largest absolute Gasteiger partial charge is 0.399 e. The molecule has 0 fully saturated rings. The molecule has 0 aromatic heterocycles. The summed E-state index contributed by atoms with van der Waals surface area (Å²) in [7, 11) is 0. The molecule has 0 saturated carbocycles. The van der Waals surface area contributed by atoms with E-state index >= 15 is 0 Å². The van der Waals surface area contributed by atoms with Crippen molar-refractivity contribution in [3.05, 3.63) is 29.3 Å². The number of aryl methyl sites for hydroxylation is 1. The number of benzene rings is 1. The summed E-state index contributed by atoms with van der Waals surface area (Å²) in [5.74, 6) is 0.180. The van der Waals surface area contributed by atoms with Gasteiger partial charge in [0.1, 0.15) is 5.78 Å². The normalized spacial score (nSPS) is 9.83. The Balaban J connectivity index is 2.89. The third kappa shape index (κ3) is 2.09. The lowest BCUT2D eigenvalue weighted by Gasteiger charge is -2.02. The molecule has 0 amide bonds. The fourth-order valence-corrected chi connectivity index (χ4v) is 1.14. The molecule has 0 saturated heterocycles. The van der Waals surface area contributed by atoms with E-state index in [1.54, 1.807) is 6.92 Å². The van der Waals surface area contributed by atoms with Gasteiger partial charge in [-0.3, -0.25) is 4.79 Å². The predicted octanol–water partition coefficient (Wildman–Crippen LogP) is 1.71. The van der Waals surface area contributed by atoms with E-state index < -0.39 is 0 Å². The van der Waals surface area contributed by atoms with Crippen molar-refractivity contribution in [2.45, 2.75) is 20.3 Å². The van der Waals surface area contributed by atoms with E-state index in [2.05, 4.69) is 0 Å². The number of nitrogens with two attached hydrogens (primary N) is 1. The zero-order valence-electron chi connectivity index (χ0n) is 7.42. The molecule has 0 aliphatic rings. The van der Waals surface area contributed by atoms with Crippen molar-refractivity contribution < 1.29 is 4.79 Å². The van der Waals surface area contributed by atoms with Crippen molar-refractivity contribution in [3.8, 4) is 0 Å². The number of hydrogen-bond acceptors (Lipinski definition) is 2. The molecule has 1 aromatic carbocycles. The topological polar surface area (TPSA) is 43.1 Å². The lowest BCUT2D eigenvalue weighted by Crippen LogP contribution is -1.98. The van der Waals surface area contributed by atoms with Crippen LogP contribution in [0.1, 0.15) is 18.1 Å². The molecule has 1 rings (SSSR count). The van der Waals surface area contributed by atoms with Crippen LogP contribution in [0.3, 0.4) is 0 Å². The van der Waals surface area contributed by atoms with Gasteiger partial charge in [-0.15, -0.1) is 0 Å². The highest BCUT2D eigenvalue weighted by Gasteiger charge is 1.99. The number of Topliss-reactive ketones (excluding diaryl/α,β-unsaturated/α-hetero) is 1. The monoisotopic (exact) mass is 163 g/mol. The molecule has 12 heavy (non-hydrogen) atoms. The maximum atomic E-state index is 10.8. The number of hydrogen-bond donors (Lipinski definition) is 1. The van der Waals surface area contributed by atoms with Crippen LogP contribution in [-0.4, -0.2) is 5.78 Å². The van der Waals surface area contributed by atoms with E-state index in [1.165, 1.54) is 0 Å². The molecular formula is C10H13NO. The smallest absolute Gasteiger partial charge is 0.134 e. The Labute approximate surface area is 72.4 Å². The van der Waals surface area contributed by atoms with Crippen molar-refractivity contribution in [2.24, 2.45) is 0 Å². The Hall–Kier alpha value is -1.31. The third-order valence-electron chi connectivity index (χ3n) is 1.79. The van der Waals surface area contributed by atoms with Crippen LogP contribution in [0.5, 0.6) is 0 Å². The Morgan fingerprint density at radius 3 is 2.67 bits per heavy atom. The summed E-state index contributed by atoms with van der Waals surface area (Å²) in [4.78, 5) is 10.8. The first-order valence-corrected chi connectivity index (χ1v) is 3.94. The van der Waals surface area contributed by atoms with E-state index in [-0.39, 0.29) is 5.78 Å². The summed E-state index contributed by atoms with van der Waals surface area (Å²) in [5, 5.41) is 0. The minimum atomic E-state index is 0.180. The van der Waals surface area contributed by atoms with Crippen molar-refractivity contribution in [3.63, 3.8) is 0 Å². The second kappa shape index (κ2) is 3.39. The Morgan fingerprint density at radius 2 is 2.17 bits per heavy atom. The third-order valence-corrected chi connectivity index (χ3v) is 1.79.